The van der Waals surface area contributed by atoms with Gasteiger partial charge in [-0.3, -0.25) is 9.97 Å². The van der Waals surface area contributed by atoms with Gasteiger partial charge in [0, 0.05) is 46.8 Å². The van der Waals surface area contributed by atoms with E-state index in [1.165, 1.54) is 23.6 Å². The van der Waals surface area contributed by atoms with Gasteiger partial charge in [0.15, 0.2) is 19.7 Å². The van der Waals surface area contributed by atoms with E-state index >= 15 is 0 Å². The molecule has 0 aliphatic carbocycles. The minimum absolute atomic E-state index is 0.315. The van der Waals surface area contributed by atoms with Crippen molar-refractivity contribution < 1.29 is 16.8 Å². The Morgan fingerprint density at radius 2 is 0.757 bits per heavy atom. The van der Waals surface area contributed by atoms with Crippen LogP contribution in [0.15, 0.2) is 228 Å². The normalized spacial score (nSPS) is 12.3. The van der Waals surface area contributed by atoms with E-state index in [2.05, 4.69) is 149 Å². The number of pyridine rings is 2. The minimum atomic E-state index is -3.26. The van der Waals surface area contributed by atoms with Gasteiger partial charge in [-0.25, -0.2) is 16.8 Å². The van der Waals surface area contributed by atoms with E-state index in [0.717, 1.165) is 88.6 Å². The van der Waals surface area contributed by atoms with E-state index in [9.17, 15) is 16.8 Å². The van der Waals surface area contributed by atoms with Crippen molar-refractivity contribution in [3.8, 4) is 22.3 Å². The number of hydrogen-bond acceptors (Lipinski definition) is 6. The van der Waals surface area contributed by atoms with E-state index in [0.29, 0.717) is 21.6 Å². The number of benzene rings is 8. The van der Waals surface area contributed by atoms with Gasteiger partial charge in [0.05, 0.1) is 20.8 Å². The molecule has 0 spiro atoms. The smallest absolute Gasteiger partial charge is 0.175 e. The zero-order valence-corrected chi connectivity index (χ0v) is 44.1. The lowest BCUT2D eigenvalue weighted by Crippen LogP contribution is -1.97. The van der Waals surface area contributed by atoms with Crippen LogP contribution in [0.25, 0.3) is 67.4 Å². The molecule has 0 saturated heterocycles. The molecule has 10 aromatic rings. The van der Waals surface area contributed by atoms with Crippen LogP contribution in [0.2, 0.25) is 0 Å². The van der Waals surface area contributed by atoms with Crippen LogP contribution in [0.5, 0.6) is 0 Å². The van der Waals surface area contributed by atoms with Gasteiger partial charge in [0.1, 0.15) is 0 Å². The molecule has 8 aromatic carbocycles. The van der Waals surface area contributed by atoms with Gasteiger partial charge in [0.25, 0.3) is 0 Å². The van der Waals surface area contributed by atoms with Gasteiger partial charge in [-0.2, -0.15) is 0 Å². The molecule has 0 unspecified atom stereocenters. The van der Waals surface area contributed by atoms with Gasteiger partial charge < -0.3 is 0 Å². The molecular weight excluding hydrogens is 949 g/mol. The van der Waals surface area contributed by atoms with Crippen LogP contribution in [0.1, 0.15) is 84.0 Å². The van der Waals surface area contributed by atoms with E-state index in [1.807, 2.05) is 85.2 Å². The molecular formula is C66H58N2O4S2. The fraction of sp³-hybridized carbons (Fsp3) is 0.121. The van der Waals surface area contributed by atoms with E-state index in [1.54, 1.807) is 24.3 Å². The molecule has 0 aliphatic heterocycles. The van der Waals surface area contributed by atoms with Gasteiger partial charge >= 0.3 is 0 Å². The zero-order valence-electron chi connectivity index (χ0n) is 42.4. The number of sulfone groups is 2. The lowest BCUT2D eigenvalue weighted by molar-refractivity contribution is 0.600. The van der Waals surface area contributed by atoms with Crippen molar-refractivity contribution in [2.45, 2.75) is 49.3 Å². The highest BCUT2D eigenvalue weighted by Crippen LogP contribution is 2.36. The molecule has 0 bridgehead atoms. The average molecular weight is 1010 g/mol. The maximum atomic E-state index is 12.0. The lowest BCUT2D eigenvalue weighted by atomic mass is 9.92. The fourth-order valence-corrected chi connectivity index (χ4v) is 10.4. The molecule has 6 nitrogen and oxygen atoms in total. The topological polar surface area (TPSA) is 94.1 Å². The van der Waals surface area contributed by atoms with Crippen LogP contribution in [0.4, 0.5) is 0 Å². The monoisotopic (exact) mass is 1010 g/mol. The van der Waals surface area contributed by atoms with E-state index in [4.69, 9.17) is 9.97 Å². The molecule has 0 N–H and O–H groups in total. The third-order valence-electron chi connectivity index (χ3n) is 13.2. The van der Waals surface area contributed by atoms with Gasteiger partial charge in [0.2, 0.25) is 0 Å². The highest BCUT2D eigenvalue weighted by atomic mass is 32.2. The summed E-state index contributed by atoms with van der Waals surface area (Å²) in [6.45, 7) is 8.84. The Bertz CT molecular complexity index is 3660. The van der Waals surface area contributed by atoms with E-state index in [-0.39, 0.29) is 0 Å². The Balaban J connectivity index is 0.000000182. The van der Waals surface area contributed by atoms with Crippen LogP contribution in [-0.2, 0) is 19.7 Å². The fourth-order valence-electron chi connectivity index (χ4n) is 9.13. The maximum Gasteiger partial charge on any atom is 0.175 e. The molecule has 0 amide bonds. The Kier molecular flexibility index (Phi) is 15.1. The number of fused-ring (bicyclic) bond motifs is 2. The van der Waals surface area contributed by atoms with Gasteiger partial charge in [-0.15, -0.1) is 0 Å². The molecule has 2 aromatic heterocycles. The number of rotatable bonds is 12. The van der Waals surface area contributed by atoms with E-state index < -0.39 is 19.7 Å². The first-order valence-corrected chi connectivity index (χ1v) is 28.5. The number of nitrogens with zero attached hydrogens (tertiary/aromatic N) is 2. The summed E-state index contributed by atoms with van der Waals surface area (Å²) in [5.41, 5.74) is 17.2. The minimum Gasteiger partial charge on any atom is -0.256 e. The second-order valence-electron chi connectivity index (χ2n) is 19.3. The standard InChI is InChI=1S/2C33H29NO2S/c2*1-23(2)29-21-28-13-8-18-34-33(28)32(22-29)27-12-7-9-24(19-27)20-31(25-10-5-4-6-11-25)26-14-16-30(17-15-26)37(3,35)36/h2*4-23H,1-3H3/b31-20+;31-20-. The highest BCUT2D eigenvalue weighted by Gasteiger charge is 2.15. The Hall–Kier alpha value is -8.04. The van der Waals surface area contributed by atoms with Gasteiger partial charge in [-0.1, -0.05) is 161 Å². The summed E-state index contributed by atoms with van der Waals surface area (Å²) in [7, 11) is -6.52. The molecule has 0 radical (unpaired) electrons. The number of hydrogen-bond donors (Lipinski definition) is 0. The average Bonchev–Trinajstić information content (AvgIpc) is 3.41. The van der Waals surface area contributed by atoms with Crippen LogP contribution in [0, 0.1) is 0 Å². The third-order valence-corrected chi connectivity index (χ3v) is 15.4. The van der Waals surface area contributed by atoms with Crippen molar-refractivity contribution in [1.29, 1.82) is 0 Å². The Morgan fingerprint density at radius 3 is 1.11 bits per heavy atom. The van der Waals surface area contributed by atoms with Crippen molar-refractivity contribution >= 4 is 64.8 Å². The quantitative estimate of drug-likeness (QED) is 0.113. The highest BCUT2D eigenvalue weighted by molar-refractivity contribution is 7.91. The van der Waals surface area contributed by atoms with Crippen molar-refractivity contribution in [3.05, 3.63) is 263 Å². The summed E-state index contributed by atoms with van der Waals surface area (Å²) in [6, 6.07) is 68.7. The second-order valence-corrected chi connectivity index (χ2v) is 23.3. The lowest BCUT2D eigenvalue weighted by Gasteiger charge is -2.13. The first-order chi connectivity index (χ1) is 35.6. The Labute approximate surface area is 436 Å². The Morgan fingerprint density at radius 1 is 0.392 bits per heavy atom. The largest absolute Gasteiger partial charge is 0.256 e. The number of aromatic nitrogens is 2. The molecule has 0 saturated carbocycles. The molecule has 2 heterocycles. The molecule has 0 fully saturated rings. The molecule has 0 atom stereocenters. The molecule has 8 heteroatoms. The molecule has 74 heavy (non-hydrogen) atoms. The van der Waals surface area contributed by atoms with Crippen LogP contribution < -0.4 is 0 Å². The summed E-state index contributed by atoms with van der Waals surface area (Å²) in [5, 5.41) is 2.28. The summed E-state index contributed by atoms with van der Waals surface area (Å²) >= 11 is 0. The van der Waals surface area contributed by atoms with Crippen LogP contribution >= 0.6 is 0 Å². The first kappa shape index (κ1) is 50.9. The second kappa shape index (κ2) is 22.0. The van der Waals surface area contributed by atoms with Crippen molar-refractivity contribution in [2.24, 2.45) is 0 Å². The van der Waals surface area contributed by atoms with Crippen molar-refractivity contribution in [2.75, 3.05) is 12.5 Å². The maximum absolute atomic E-state index is 12.0. The van der Waals surface area contributed by atoms with Crippen molar-refractivity contribution in [3.63, 3.8) is 0 Å². The first-order valence-electron chi connectivity index (χ1n) is 24.7. The van der Waals surface area contributed by atoms with Crippen molar-refractivity contribution in [1.82, 2.24) is 9.97 Å². The summed E-state index contributed by atoms with van der Waals surface area (Å²) in [4.78, 5) is 10.0. The summed E-state index contributed by atoms with van der Waals surface area (Å²) in [6.07, 6.45) is 10.5. The van der Waals surface area contributed by atoms with Crippen LogP contribution in [0.3, 0.4) is 0 Å². The predicted octanol–water partition coefficient (Wildman–Crippen LogP) is 16.0. The third kappa shape index (κ3) is 11.9. The van der Waals surface area contributed by atoms with Crippen LogP contribution in [-0.4, -0.2) is 39.3 Å². The molecule has 368 valence electrons. The SMILES string of the molecule is CC(C)c1cc(-c2cccc(/C=C(/c3ccccc3)c3ccc(S(C)(=O)=O)cc3)c2)c2ncccc2c1.CC(C)c1cc(-c2cccc(/C=C(\c3ccccc3)c3ccc(S(C)(=O)=O)cc3)c2)c2ncccc2c1. The molecule has 0 aliphatic rings. The van der Waals surface area contributed by atoms with Gasteiger partial charge in [-0.05, 0) is 164 Å². The predicted molar refractivity (Wildman–Crippen MR) is 308 cm³/mol. The summed E-state index contributed by atoms with van der Waals surface area (Å²) in [5.74, 6) is 0.817. The zero-order chi connectivity index (χ0) is 52.0. The summed E-state index contributed by atoms with van der Waals surface area (Å²) < 4.78 is 47.9. The molecule has 10 rings (SSSR count).